The third-order valence-electron chi connectivity index (χ3n) is 4.98. The molecule has 0 radical (unpaired) electrons. The van der Waals surface area contributed by atoms with Gasteiger partial charge < -0.3 is 4.74 Å². The van der Waals surface area contributed by atoms with Crippen molar-refractivity contribution in [3.63, 3.8) is 0 Å². The number of ether oxygens (including phenoxy) is 1. The molecule has 4 aromatic rings. The molecule has 0 bridgehead atoms. The van der Waals surface area contributed by atoms with Gasteiger partial charge in [0.15, 0.2) is 17.4 Å². The Morgan fingerprint density at radius 3 is 2.29 bits per heavy atom. The molecule has 0 aliphatic heterocycles. The van der Waals surface area contributed by atoms with Crippen LogP contribution in [0.3, 0.4) is 0 Å². The van der Waals surface area contributed by atoms with Crippen molar-refractivity contribution >= 4 is 11.7 Å². The van der Waals surface area contributed by atoms with Gasteiger partial charge in [-0.15, -0.1) is 4.68 Å². The highest BCUT2D eigenvalue weighted by Crippen LogP contribution is 2.34. The number of carbonyl (C=O) groups is 1. The second-order valence-corrected chi connectivity index (χ2v) is 7.79. The van der Waals surface area contributed by atoms with E-state index >= 15 is 0 Å². The van der Waals surface area contributed by atoms with Gasteiger partial charge in [-0.25, -0.2) is 18.4 Å². The highest BCUT2D eigenvalue weighted by Gasteiger charge is 2.29. The first-order valence-electron chi connectivity index (χ1n) is 10.4. The van der Waals surface area contributed by atoms with Crippen molar-refractivity contribution in [2.45, 2.75) is 26.8 Å². The average Bonchev–Trinajstić information content (AvgIpc) is 3.17. The molecule has 4 rings (SSSR count). The second-order valence-electron chi connectivity index (χ2n) is 7.79. The molecular formula is C24H21F2N5O3. The molecule has 8 nitrogen and oxygen atoms in total. The Labute approximate surface area is 193 Å². The quantitative estimate of drug-likeness (QED) is 0.400. The van der Waals surface area contributed by atoms with Gasteiger partial charge in [0.25, 0.3) is 0 Å². The van der Waals surface area contributed by atoms with Crippen LogP contribution in [0.1, 0.15) is 19.4 Å². The molecule has 0 fully saturated rings. The molecule has 0 saturated heterocycles. The molecule has 0 aliphatic carbocycles. The smallest absolute Gasteiger partial charge is 0.377 e. The number of nitrogens with zero attached hydrogens (tertiary/aromatic N) is 5. The Balaban J connectivity index is 1.78. The van der Waals surface area contributed by atoms with Crippen molar-refractivity contribution in [1.82, 2.24) is 19.8 Å². The van der Waals surface area contributed by atoms with E-state index in [0.29, 0.717) is 26.6 Å². The van der Waals surface area contributed by atoms with Gasteiger partial charge in [0.05, 0.1) is 5.69 Å². The number of hydrogen-bond donors (Lipinski definition) is 0. The first-order valence-corrected chi connectivity index (χ1v) is 10.4. The van der Waals surface area contributed by atoms with Crippen molar-refractivity contribution < 1.29 is 18.3 Å². The Morgan fingerprint density at radius 1 is 0.971 bits per heavy atom. The zero-order valence-corrected chi connectivity index (χ0v) is 18.6. The first-order chi connectivity index (χ1) is 16.3. The largest absolute Gasteiger partial charge is 0.455 e. The van der Waals surface area contributed by atoms with Gasteiger partial charge >= 0.3 is 11.7 Å². The zero-order chi connectivity index (χ0) is 24.4. The van der Waals surface area contributed by atoms with Crippen LogP contribution in [-0.2, 0) is 0 Å². The summed E-state index contributed by atoms with van der Waals surface area (Å²) in [5.74, 6) is -1.09. The van der Waals surface area contributed by atoms with Crippen LogP contribution in [0.25, 0.3) is 5.69 Å². The number of anilines is 1. The SMILES string of the molecule is Cc1ccc(N(C(=O)n2nnn(-c3c(F)cccc3F)c2=O)C(C)C)c(Oc2ccccc2)c1. The molecular weight excluding hydrogens is 444 g/mol. The third-order valence-corrected chi connectivity index (χ3v) is 4.98. The molecule has 3 aromatic carbocycles. The zero-order valence-electron chi connectivity index (χ0n) is 18.6. The number of amides is 1. The average molecular weight is 465 g/mol. The van der Waals surface area contributed by atoms with Gasteiger partial charge in [-0.3, -0.25) is 4.90 Å². The molecule has 34 heavy (non-hydrogen) atoms. The molecule has 0 aliphatic rings. The van der Waals surface area contributed by atoms with Crippen molar-refractivity contribution in [3.05, 3.63) is 94.4 Å². The number of hydrogen-bond acceptors (Lipinski definition) is 5. The standard InChI is InChI=1S/C24H21F2N5O3/c1-15(2)29(20-13-12-16(3)14-21(20)34-17-8-5-4-6-9-17)23(32)31-24(33)30(27-28-31)22-18(25)10-7-11-19(22)26/h4-15H,1-3H3. The Bertz CT molecular complexity index is 1380. The van der Waals surface area contributed by atoms with Crippen LogP contribution in [0.2, 0.25) is 0 Å². The number of benzene rings is 3. The van der Waals surface area contributed by atoms with Crippen LogP contribution in [0.15, 0.2) is 71.5 Å². The van der Waals surface area contributed by atoms with Crippen molar-refractivity contribution in [2.75, 3.05) is 4.90 Å². The summed E-state index contributed by atoms with van der Waals surface area (Å²) in [6, 6.07) is 16.1. The molecule has 1 aromatic heterocycles. The van der Waals surface area contributed by atoms with Gasteiger partial charge in [-0.05, 0) is 73.2 Å². The van der Waals surface area contributed by atoms with Crippen LogP contribution in [0.4, 0.5) is 19.3 Å². The Hall–Kier alpha value is -4.34. The van der Waals surface area contributed by atoms with E-state index in [4.69, 9.17) is 4.74 Å². The minimum absolute atomic E-state index is 0.382. The lowest BCUT2D eigenvalue weighted by Gasteiger charge is -2.27. The number of halogens is 2. The second kappa shape index (κ2) is 9.26. The lowest BCUT2D eigenvalue weighted by Crippen LogP contribution is -2.44. The number of aromatic nitrogens is 4. The molecule has 1 heterocycles. The van der Waals surface area contributed by atoms with E-state index in [9.17, 15) is 18.4 Å². The predicted molar refractivity (Wildman–Crippen MR) is 122 cm³/mol. The van der Waals surface area contributed by atoms with Crippen LogP contribution in [0.5, 0.6) is 11.5 Å². The summed E-state index contributed by atoms with van der Waals surface area (Å²) >= 11 is 0. The summed E-state index contributed by atoms with van der Waals surface area (Å²) in [4.78, 5) is 27.6. The lowest BCUT2D eigenvalue weighted by molar-refractivity contribution is 0.242. The van der Waals surface area contributed by atoms with E-state index < -0.39 is 35.1 Å². The van der Waals surface area contributed by atoms with Crippen LogP contribution in [0, 0.1) is 18.6 Å². The van der Waals surface area contributed by atoms with Crippen LogP contribution < -0.4 is 15.3 Å². The number of aryl methyl sites for hydroxylation is 1. The summed E-state index contributed by atoms with van der Waals surface area (Å²) in [5.41, 5.74) is -0.555. The van der Waals surface area contributed by atoms with Gasteiger partial charge in [-0.1, -0.05) is 30.3 Å². The Morgan fingerprint density at radius 2 is 1.65 bits per heavy atom. The van der Waals surface area contributed by atoms with Gasteiger partial charge in [0.2, 0.25) is 0 Å². The Kier molecular flexibility index (Phi) is 6.22. The van der Waals surface area contributed by atoms with Crippen molar-refractivity contribution in [3.8, 4) is 17.2 Å². The molecule has 0 N–H and O–H groups in total. The number of rotatable bonds is 5. The van der Waals surface area contributed by atoms with Gasteiger partial charge in [-0.2, -0.15) is 4.68 Å². The third kappa shape index (κ3) is 4.29. The summed E-state index contributed by atoms with van der Waals surface area (Å²) in [6.07, 6.45) is 0. The monoisotopic (exact) mass is 465 g/mol. The molecule has 10 heteroatoms. The predicted octanol–water partition coefficient (Wildman–Crippen LogP) is 4.69. The fraction of sp³-hybridized carbons (Fsp3) is 0.167. The fourth-order valence-corrected chi connectivity index (χ4v) is 3.42. The highest BCUT2D eigenvalue weighted by atomic mass is 19.1. The van der Waals surface area contributed by atoms with E-state index in [0.717, 1.165) is 23.8 Å². The molecule has 0 unspecified atom stereocenters. The molecule has 0 atom stereocenters. The van der Waals surface area contributed by atoms with E-state index in [1.54, 1.807) is 44.2 Å². The lowest BCUT2D eigenvalue weighted by atomic mass is 10.1. The maximum atomic E-state index is 14.2. The normalized spacial score (nSPS) is 11.0. The number of carbonyl (C=O) groups excluding carboxylic acids is 1. The molecule has 0 spiro atoms. The van der Waals surface area contributed by atoms with E-state index in [2.05, 4.69) is 10.4 Å². The number of para-hydroxylation sites is 2. The summed E-state index contributed by atoms with van der Waals surface area (Å²) < 4.78 is 35.3. The topological polar surface area (TPSA) is 82.3 Å². The fourth-order valence-electron chi connectivity index (χ4n) is 3.42. The van der Waals surface area contributed by atoms with E-state index in [1.807, 2.05) is 25.1 Å². The minimum atomic E-state index is -1.11. The maximum Gasteiger partial charge on any atom is 0.377 e. The van der Waals surface area contributed by atoms with Crippen LogP contribution in [-0.4, -0.2) is 31.9 Å². The summed E-state index contributed by atoms with van der Waals surface area (Å²) in [5, 5.41) is 7.11. The highest BCUT2D eigenvalue weighted by molar-refractivity contribution is 5.95. The molecule has 174 valence electrons. The number of tetrazole rings is 1. The molecule has 0 saturated carbocycles. The van der Waals surface area contributed by atoms with E-state index in [1.165, 1.54) is 4.90 Å². The van der Waals surface area contributed by atoms with Crippen molar-refractivity contribution in [1.29, 1.82) is 0 Å². The van der Waals surface area contributed by atoms with Crippen LogP contribution >= 0.6 is 0 Å². The maximum absolute atomic E-state index is 14.2. The van der Waals surface area contributed by atoms with E-state index in [-0.39, 0.29) is 0 Å². The summed E-state index contributed by atoms with van der Waals surface area (Å²) in [7, 11) is 0. The summed E-state index contributed by atoms with van der Waals surface area (Å²) in [6.45, 7) is 5.37. The van der Waals surface area contributed by atoms with Crippen molar-refractivity contribution in [2.24, 2.45) is 0 Å². The van der Waals surface area contributed by atoms with Gasteiger partial charge in [0.1, 0.15) is 11.4 Å². The minimum Gasteiger partial charge on any atom is -0.455 e. The molecule has 1 amide bonds. The van der Waals surface area contributed by atoms with Gasteiger partial charge in [0, 0.05) is 6.04 Å². The first kappa shape index (κ1) is 22.8.